The van der Waals surface area contributed by atoms with Crippen LogP contribution in [-0.2, 0) is 17.8 Å². The standard InChI is InChI=1S/C21H29NO2/c1-21-9-8-15-16(18(21)6-7-20(21)24)5-4-13-11-19(23)14(10-17(13)15)12-22(2)3/h10-11,15-16,18,23H,4-9,12H2,1-3H3. The third-order valence-corrected chi connectivity index (χ3v) is 7.12. The molecule has 0 amide bonds. The summed E-state index contributed by atoms with van der Waals surface area (Å²) in [6.45, 7) is 3.00. The first-order valence-electron chi connectivity index (χ1n) is 9.43. The molecule has 0 radical (unpaired) electrons. The van der Waals surface area contributed by atoms with Gasteiger partial charge >= 0.3 is 0 Å². The van der Waals surface area contributed by atoms with Crippen LogP contribution >= 0.6 is 0 Å². The molecule has 2 fully saturated rings. The van der Waals surface area contributed by atoms with E-state index in [2.05, 4.69) is 17.9 Å². The second-order valence-electron chi connectivity index (χ2n) is 8.75. The summed E-state index contributed by atoms with van der Waals surface area (Å²) in [5, 5.41) is 10.4. The Labute approximate surface area is 145 Å². The summed E-state index contributed by atoms with van der Waals surface area (Å²) in [5.41, 5.74) is 3.78. The minimum absolute atomic E-state index is 0.0535. The van der Waals surface area contributed by atoms with Gasteiger partial charge in [-0.25, -0.2) is 0 Å². The van der Waals surface area contributed by atoms with Crippen LogP contribution < -0.4 is 0 Å². The predicted octanol–water partition coefficient (Wildman–Crippen LogP) is 3.88. The van der Waals surface area contributed by atoms with Crippen molar-refractivity contribution >= 4 is 5.78 Å². The molecule has 0 bridgehead atoms. The maximum absolute atomic E-state index is 12.4. The molecule has 3 nitrogen and oxygen atoms in total. The average Bonchev–Trinajstić information content (AvgIpc) is 2.83. The lowest BCUT2D eigenvalue weighted by Crippen LogP contribution is -2.42. The van der Waals surface area contributed by atoms with Gasteiger partial charge < -0.3 is 10.0 Å². The van der Waals surface area contributed by atoms with E-state index in [1.165, 1.54) is 17.5 Å². The summed E-state index contributed by atoms with van der Waals surface area (Å²) in [6.07, 6.45) is 6.28. The largest absolute Gasteiger partial charge is 0.508 e. The lowest BCUT2D eigenvalue weighted by Gasteiger charge is -2.48. The normalized spacial score (nSPS) is 34.8. The van der Waals surface area contributed by atoms with E-state index in [9.17, 15) is 9.90 Å². The van der Waals surface area contributed by atoms with E-state index in [4.69, 9.17) is 0 Å². The Kier molecular flexibility index (Phi) is 3.76. The first-order chi connectivity index (χ1) is 11.4. The maximum Gasteiger partial charge on any atom is 0.139 e. The van der Waals surface area contributed by atoms with E-state index in [0.717, 1.165) is 44.2 Å². The lowest BCUT2D eigenvalue weighted by atomic mass is 9.55. The number of aromatic hydroxyl groups is 1. The molecule has 3 heteroatoms. The number of carbonyl (C=O) groups excluding carboxylic acids is 1. The van der Waals surface area contributed by atoms with Crippen molar-refractivity contribution < 1.29 is 9.90 Å². The van der Waals surface area contributed by atoms with Gasteiger partial charge in [0.2, 0.25) is 0 Å². The van der Waals surface area contributed by atoms with Crippen LogP contribution in [0.25, 0.3) is 0 Å². The molecular weight excluding hydrogens is 298 g/mol. The molecule has 4 rings (SSSR count). The summed E-state index contributed by atoms with van der Waals surface area (Å²) < 4.78 is 0. The number of fused-ring (bicyclic) bond motifs is 5. The van der Waals surface area contributed by atoms with E-state index in [-0.39, 0.29) is 5.41 Å². The first kappa shape index (κ1) is 16.1. The fourth-order valence-electron chi connectivity index (χ4n) is 5.89. The second kappa shape index (κ2) is 5.59. The minimum Gasteiger partial charge on any atom is -0.508 e. The number of hydrogen-bond donors (Lipinski definition) is 1. The van der Waals surface area contributed by atoms with Crippen molar-refractivity contribution in [2.75, 3.05) is 14.1 Å². The van der Waals surface area contributed by atoms with Gasteiger partial charge in [0.1, 0.15) is 11.5 Å². The Morgan fingerprint density at radius 2 is 2.00 bits per heavy atom. The van der Waals surface area contributed by atoms with E-state index in [1.807, 2.05) is 20.2 Å². The molecule has 4 unspecified atom stereocenters. The zero-order valence-electron chi connectivity index (χ0n) is 15.1. The number of nitrogens with zero attached hydrogens (tertiary/aromatic N) is 1. The quantitative estimate of drug-likeness (QED) is 0.896. The highest BCUT2D eigenvalue weighted by atomic mass is 16.3. The first-order valence-corrected chi connectivity index (χ1v) is 9.43. The van der Waals surface area contributed by atoms with Crippen LogP contribution in [0.4, 0.5) is 0 Å². The lowest BCUT2D eigenvalue weighted by molar-refractivity contribution is -0.129. The SMILES string of the molecule is CN(C)Cc1cc2c(cc1O)CCC1C2CCC2(C)C(=O)CCC12. The Morgan fingerprint density at radius 1 is 1.21 bits per heavy atom. The zero-order chi connectivity index (χ0) is 17.1. The van der Waals surface area contributed by atoms with Crippen molar-refractivity contribution in [3.8, 4) is 5.75 Å². The van der Waals surface area contributed by atoms with Crippen LogP contribution in [0.2, 0.25) is 0 Å². The molecule has 0 aromatic heterocycles. The van der Waals surface area contributed by atoms with Gasteiger partial charge in [-0.1, -0.05) is 13.0 Å². The molecule has 1 aromatic rings. The fraction of sp³-hybridized carbons (Fsp3) is 0.667. The van der Waals surface area contributed by atoms with Crippen molar-refractivity contribution in [1.82, 2.24) is 4.90 Å². The molecule has 0 saturated heterocycles. The van der Waals surface area contributed by atoms with Gasteiger partial charge in [0, 0.05) is 23.9 Å². The van der Waals surface area contributed by atoms with Crippen LogP contribution in [0.15, 0.2) is 12.1 Å². The molecule has 1 N–H and O–H groups in total. The van der Waals surface area contributed by atoms with E-state index in [1.54, 1.807) is 0 Å². The molecule has 0 spiro atoms. The monoisotopic (exact) mass is 327 g/mol. The second-order valence-corrected chi connectivity index (χ2v) is 8.75. The number of Topliss-reactive ketones (excluding diaryl/α,β-unsaturated/α-hetero) is 1. The van der Waals surface area contributed by atoms with E-state index < -0.39 is 0 Å². The number of phenolic OH excluding ortho intramolecular Hbond substituents is 1. The number of hydrogen-bond acceptors (Lipinski definition) is 3. The molecule has 4 atom stereocenters. The summed E-state index contributed by atoms with van der Waals surface area (Å²) in [4.78, 5) is 14.5. The Hall–Kier alpha value is -1.35. The smallest absolute Gasteiger partial charge is 0.139 e. The molecular formula is C21H29NO2. The van der Waals surface area contributed by atoms with Crippen molar-refractivity contribution in [2.24, 2.45) is 17.3 Å². The van der Waals surface area contributed by atoms with Gasteiger partial charge in [0.05, 0.1) is 0 Å². The van der Waals surface area contributed by atoms with E-state index in [0.29, 0.717) is 29.3 Å². The molecule has 24 heavy (non-hydrogen) atoms. The summed E-state index contributed by atoms with van der Waals surface area (Å²) in [6, 6.07) is 4.28. The van der Waals surface area contributed by atoms with Crippen LogP contribution in [0.5, 0.6) is 5.75 Å². The summed E-state index contributed by atoms with van der Waals surface area (Å²) in [5.74, 6) is 2.76. The van der Waals surface area contributed by atoms with Crippen LogP contribution in [0, 0.1) is 17.3 Å². The third kappa shape index (κ3) is 2.32. The number of phenols is 1. The number of aryl methyl sites for hydroxylation is 1. The Balaban J connectivity index is 1.70. The molecule has 3 aliphatic rings. The number of carbonyl (C=O) groups is 1. The van der Waals surface area contributed by atoms with E-state index >= 15 is 0 Å². The maximum atomic E-state index is 12.4. The van der Waals surface area contributed by atoms with Gasteiger partial charge in [-0.2, -0.15) is 0 Å². The number of benzene rings is 1. The van der Waals surface area contributed by atoms with Crippen molar-refractivity contribution in [2.45, 2.75) is 57.9 Å². The minimum atomic E-state index is -0.0535. The average molecular weight is 327 g/mol. The van der Waals surface area contributed by atoms with Gasteiger partial charge in [-0.15, -0.1) is 0 Å². The summed E-state index contributed by atoms with van der Waals surface area (Å²) in [7, 11) is 4.08. The molecule has 1 aromatic carbocycles. The number of rotatable bonds is 2. The van der Waals surface area contributed by atoms with Crippen LogP contribution in [-0.4, -0.2) is 29.9 Å². The highest BCUT2D eigenvalue weighted by Crippen LogP contribution is 2.59. The fourth-order valence-corrected chi connectivity index (χ4v) is 5.89. The highest BCUT2D eigenvalue weighted by Gasteiger charge is 2.54. The van der Waals surface area contributed by atoms with Crippen molar-refractivity contribution in [3.63, 3.8) is 0 Å². The molecule has 130 valence electrons. The predicted molar refractivity (Wildman–Crippen MR) is 95.1 cm³/mol. The third-order valence-electron chi connectivity index (χ3n) is 7.12. The molecule has 2 saturated carbocycles. The van der Waals surface area contributed by atoms with Crippen molar-refractivity contribution in [3.05, 3.63) is 28.8 Å². The van der Waals surface area contributed by atoms with Gasteiger partial charge in [0.25, 0.3) is 0 Å². The van der Waals surface area contributed by atoms with Gasteiger partial charge in [-0.3, -0.25) is 4.79 Å². The summed E-state index contributed by atoms with van der Waals surface area (Å²) >= 11 is 0. The van der Waals surface area contributed by atoms with Crippen LogP contribution in [0.1, 0.15) is 61.6 Å². The Morgan fingerprint density at radius 3 is 2.75 bits per heavy atom. The Bertz CT molecular complexity index is 681. The molecule has 0 heterocycles. The number of ketones is 1. The zero-order valence-corrected chi connectivity index (χ0v) is 15.1. The topological polar surface area (TPSA) is 40.5 Å². The van der Waals surface area contributed by atoms with Crippen LogP contribution in [0.3, 0.4) is 0 Å². The van der Waals surface area contributed by atoms with Gasteiger partial charge in [0.15, 0.2) is 0 Å². The van der Waals surface area contributed by atoms with Gasteiger partial charge in [-0.05, 0) is 81.1 Å². The van der Waals surface area contributed by atoms with Crippen molar-refractivity contribution in [1.29, 1.82) is 0 Å². The molecule has 0 aliphatic heterocycles. The molecule has 3 aliphatic carbocycles. The highest BCUT2D eigenvalue weighted by molar-refractivity contribution is 5.87.